The van der Waals surface area contributed by atoms with E-state index in [1.54, 1.807) is 44.6 Å². The fourth-order valence-corrected chi connectivity index (χ4v) is 4.09. The van der Waals surface area contributed by atoms with Gasteiger partial charge in [0.25, 0.3) is 0 Å². The third-order valence-corrected chi connectivity index (χ3v) is 5.94. The lowest BCUT2D eigenvalue weighted by atomic mass is 10.2. The second-order valence-corrected chi connectivity index (χ2v) is 8.85. The van der Waals surface area contributed by atoms with E-state index in [4.69, 9.17) is 18.9 Å². The maximum absolute atomic E-state index is 12.4. The number of hydrogen-bond donors (Lipinski definition) is 1. The number of hydrogen-bond acceptors (Lipinski definition) is 7. The average molecular weight is 467 g/mol. The smallest absolute Gasteiger partial charge is 0.232 e. The first-order valence-corrected chi connectivity index (χ1v) is 11.8. The SMILES string of the molecule is COc1ccc(N(CCCC(=O)NCc2ccc(OC)c(OC)c2)S(C)(=O)=O)c(OC)c1. The van der Waals surface area contributed by atoms with Crippen LogP contribution in [0.1, 0.15) is 18.4 Å². The number of carbonyl (C=O) groups is 1. The van der Waals surface area contributed by atoms with Crippen LogP contribution in [0.15, 0.2) is 36.4 Å². The molecular weight excluding hydrogens is 436 g/mol. The van der Waals surface area contributed by atoms with Gasteiger partial charge in [-0.1, -0.05) is 6.07 Å². The largest absolute Gasteiger partial charge is 0.497 e. The molecule has 0 saturated heterocycles. The minimum Gasteiger partial charge on any atom is -0.497 e. The van der Waals surface area contributed by atoms with Crippen LogP contribution in [0.4, 0.5) is 5.69 Å². The summed E-state index contributed by atoms with van der Waals surface area (Å²) in [5.74, 6) is 1.92. The predicted molar refractivity (Wildman–Crippen MR) is 122 cm³/mol. The van der Waals surface area contributed by atoms with Crippen molar-refractivity contribution in [3.63, 3.8) is 0 Å². The first-order valence-electron chi connectivity index (χ1n) is 9.90. The van der Waals surface area contributed by atoms with Crippen LogP contribution in [0, 0.1) is 0 Å². The van der Waals surface area contributed by atoms with Crippen molar-refractivity contribution in [3.8, 4) is 23.0 Å². The van der Waals surface area contributed by atoms with E-state index in [-0.39, 0.29) is 18.9 Å². The van der Waals surface area contributed by atoms with Crippen molar-refractivity contribution in [2.45, 2.75) is 19.4 Å². The molecule has 0 radical (unpaired) electrons. The third kappa shape index (κ3) is 6.68. The van der Waals surface area contributed by atoms with Gasteiger partial charge in [-0.3, -0.25) is 9.10 Å². The summed E-state index contributed by atoms with van der Waals surface area (Å²) in [4.78, 5) is 12.3. The van der Waals surface area contributed by atoms with Gasteiger partial charge in [0.1, 0.15) is 11.5 Å². The second-order valence-electron chi connectivity index (χ2n) is 6.94. The van der Waals surface area contributed by atoms with Gasteiger partial charge < -0.3 is 24.3 Å². The van der Waals surface area contributed by atoms with Crippen LogP contribution in [-0.4, -0.2) is 55.6 Å². The molecule has 0 spiro atoms. The first kappa shape index (κ1) is 25.1. The van der Waals surface area contributed by atoms with Crippen LogP contribution in [0.2, 0.25) is 0 Å². The van der Waals surface area contributed by atoms with E-state index in [1.807, 2.05) is 6.07 Å². The maximum atomic E-state index is 12.4. The Morgan fingerprint density at radius 2 is 1.59 bits per heavy atom. The molecule has 2 rings (SSSR count). The van der Waals surface area contributed by atoms with Gasteiger partial charge in [-0.15, -0.1) is 0 Å². The molecule has 0 saturated carbocycles. The Morgan fingerprint density at radius 3 is 2.19 bits per heavy atom. The zero-order chi connectivity index (χ0) is 23.7. The minimum atomic E-state index is -3.58. The van der Waals surface area contributed by atoms with Gasteiger partial charge >= 0.3 is 0 Å². The molecule has 0 fully saturated rings. The molecule has 10 heteroatoms. The molecule has 9 nitrogen and oxygen atoms in total. The molecule has 0 aliphatic heterocycles. The molecule has 0 heterocycles. The lowest BCUT2D eigenvalue weighted by Gasteiger charge is -2.24. The number of anilines is 1. The highest BCUT2D eigenvalue weighted by molar-refractivity contribution is 7.92. The second kappa shape index (κ2) is 11.5. The van der Waals surface area contributed by atoms with Crippen molar-refractivity contribution >= 4 is 21.6 Å². The number of amides is 1. The van der Waals surface area contributed by atoms with Gasteiger partial charge in [-0.2, -0.15) is 0 Å². The molecule has 2 aromatic carbocycles. The van der Waals surface area contributed by atoms with Crippen molar-refractivity contribution in [2.75, 3.05) is 45.5 Å². The summed E-state index contributed by atoms with van der Waals surface area (Å²) >= 11 is 0. The molecule has 176 valence electrons. The van der Waals surface area contributed by atoms with Crippen molar-refractivity contribution < 1.29 is 32.2 Å². The number of nitrogens with one attached hydrogen (secondary N) is 1. The van der Waals surface area contributed by atoms with Crippen molar-refractivity contribution in [1.82, 2.24) is 5.32 Å². The Hall–Kier alpha value is -3.14. The summed E-state index contributed by atoms with van der Waals surface area (Å²) in [5.41, 5.74) is 1.25. The van der Waals surface area contributed by atoms with Crippen molar-refractivity contribution in [1.29, 1.82) is 0 Å². The molecule has 2 aromatic rings. The van der Waals surface area contributed by atoms with Crippen LogP contribution in [0.25, 0.3) is 0 Å². The molecule has 1 amide bonds. The summed E-state index contributed by atoms with van der Waals surface area (Å²) in [6.45, 7) is 0.451. The minimum absolute atomic E-state index is 0.130. The number of ether oxygens (including phenoxy) is 4. The average Bonchev–Trinajstić information content (AvgIpc) is 2.79. The van der Waals surface area contributed by atoms with E-state index >= 15 is 0 Å². The Balaban J connectivity index is 1.98. The number of methoxy groups -OCH3 is 4. The highest BCUT2D eigenvalue weighted by Crippen LogP contribution is 2.33. The fraction of sp³-hybridized carbons (Fsp3) is 0.409. The highest BCUT2D eigenvalue weighted by atomic mass is 32.2. The molecular formula is C22H30N2O7S. The Morgan fingerprint density at radius 1 is 0.906 bits per heavy atom. The summed E-state index contributed by atoms with van der Waals surface area (Å²) in [7, 11) is 2.50. The normalized spacial score (nSPS) is 10.9. The zero-order valence-corrected chi connectivity index (χ0v) is 19.8. The van der Waals surface area contributed by atoms with Crippen molar-refractivity contribution in [2.24, 2.45) is 0 Å². The topological polar surface area (TPSA) is 103 Å². The summed E-state index contributed by atoms with van der Waals surface area (Å²) in [6, 6.07) is 10.3. The van der Waals surface area contributed by atoms with Crippen molar-refractivity contribution in [3.05, 3.63) is 42.0 Å². The summed E-state index contributed by atoms with van der Waals surface area (Å²) in [5, 5.41) is 2.83. The highest BCUT2D eigenvalue weighted by Gasteiger charge is 2.21. The summed E-state index contributed by atoms with van der Waals surface area (Å²) < 4.78 is 46.9. The lowest BCUT2D eigenvalue weighted by Crippen LogP contribution is -2.32. The molecule has 32 heavy (non-hydrogen) atoms. The molecule has 0 aliphatic rings. The van der Waals surface area contributed by atoms with E-state index in [0.717, 1.165) is 11.8 Å². The summed E-state index contributed by atoms with van der Waals surface area (Å²) in [6.07, 6.45) is 1.62. The predicted octanol–water partition coefficient (Wildman–Crippen LogP) is 2.58. The van der Waals surface area contributed by atoms with Crippen LogP contribution in [-0.2, 0) is 21.4 Å². The molecule has 0 unspecified atom stereocenters. The fourth-order valence-electron chi connectivity index (χ4n) is 3.12. The van der Waals surface area contributed by atoms with Crippen LogP contribution < -0.4 is 28.6 Å². The van der Waals surface area contributed by atoms with Crippen LogP contribution in [0.5, 0.6) is 23.0 Å². The van der Waals surface area contributed by atoms with Gasteiger partial charge in [0.15, 0.2) is 11.5 Å². The van der Waals surface area contributed by atoms with Crippen LogP contribution in [0.3, 0.4) is 0 Å². The van der Waals surface area contributed by atoms with E-state index in [2.05, 4.69) is 5.32 Å². The van der Waals surface area contributed by atoms with Gasteiger partial charge in [0, 0.05) is 25.6 Å². The Kier molecular flexibility index (Phi) is 9.01. The molecule has 0 aliphatic carbocycles. The van der Waals surface area contributed by atoms with Gasteiger partial charge in [-0.25, -0.2) is 8.42 Å². The third-order valence-electron chi connectivity index (χ3n) is 4.76. The first-order chi connectivity index (χ1) is 15.2. The number of benzene rings is 2. The van der Waals surface area contributed by atoms with Crippen LogP contribution >= 0.6 is 0 Å². The van der Waals surface area contributed by atoms with Gasteiger partial charge in [0.2, 0.25) is 15.9 Å². The quantitative estimate of drug-likeness (QED) is 0.513. The number of carbonyl (C=O) groups excluding carboxylic acids is 1. The Bertz CT molecular complexity index is 1020. The molecule has 0 bridgehead atoms. The van der Waals surface area contributed by atoms with E-state index in [0.29, 0.717) is 41.7 Å². The van der Waals surface area contributed by atoms with Gasteiger partial charge in [-0.05, 0) is 36.2 Å². The van der Waals surface area contributed by atoms with E-state index in [9.17, 15) is 13.2 Å². The standard InChI is InChI=1S/C22H30N2O7S/c1-28-17-9-10-18(20(14-17)30-3)24(32(5,26)27)12-6-7-22(25)23-15-16-8-11-19(29-2)21(13-16)31-4/h8-11,13-14H,6-7,12,15H2,1-5H3,(H,23,25). The molecule has 1 N–H and O–H groups in total. The number of rotatable bonds is 12. The zero-order valence-electron chi connectivity index (χ0n) is 19.0. The number of sulfonamides is 1. The Labute approximate surface area is 189 Å². The van der Waals surface area contributed by atoms with E-state index in [1.165, 1.54) is 18.5 Å². The lowest BCUT2D eigenvalue weighted by molar-refractivity contribution is -0.121. The maximum Gasteiger partial charge on any atom is 0.232 e. The number of nitrogens with zero attached hydrogens (tertiary/aromatic N) is 1. The molecule has 0 aromatic heterocycles. The van der Waals surface area contributed by atoms with E-state index < -0.39 is 10.0 Å². The monoisotopic (exact) mass is 466 g/mol. The molecule has 0 atom stereocenters. The van der Waals surface area contributed by atoms with Gasteiger partial charge in [0.05, 0.1) is 40.4 Å².